The number of hydrogen-bond donors (Lipinski definition) is 0. The Morgan fingerprint density at radius 2 is 1.27 bits per heavy atom. The van der Waals surface area contributed by atoms with E-state index >= 15 is 0 Å². The van der Waals surface area contributed by atoms with Crippen molar-refractivity contribution in [2.75, 3.05) is 4.90 Å². The van der Waals surface area contributed by atoms with Crippen molar-refractivity contribution in [1.82, 2.24) is 0 Å². The van der Waals surface area contributed by atoms with Crippen LogP contribution in [0.5, 0.6) is 0 Å². The molecule has 5 aromatic carbocycles. The summed E-state index contributed by atoms with van der Waals surface area (Å²) in [5, 5.41) is 2.48. The van der Waals surface area contributed by atoms with Crippen molar-refractivity contribution in [3.05, 3.63) is 138 Å². The third kappa shape index (κ3) is 4.44. The minimum atomic E-state index is 1.14. The predicted octanol–water partition coefficient (Wildman–Crippen LogP) is 9.10. The summed E-state index contributed by atoms with van der Waals surface area (Å²) in [6.45, 7) is 4.30. The summed E-state index contributed by atoms with van der Waals surface area (Å²) in [6, 6.07) is 41.0. The van der Waals surface area contributed by atoms with Gasteiger partial charge in [0.15, 0.2) is 0 Å². The fourth-order valence-corrected chi connectivity index (χ4v) is 4.34. The van der Waals surface area contributed by atoms with Crippen LogP contribution in [0.15, 0.2) is 115 Å². The molecule has 0 saturated heterocycles. The van der Waals surface area contributed by atoms with Gasteiger partial charge in [-0.25, -0.2) is 0 Å². The Balaban J connectivity index is 1.53. The van der Waals surface area contributed by atoms with Crippen LogP contribution in [0.3, 0.4) is 0 Å². The maximum atomic E-state index is 2.33. The topological polar surface area (TPSA) is 3.24 Å². The third-order valence-corrected chi connectivity index (χ3v) is 6.05. The van der Waals surface area contributed by atoms with Gasteiger partial charge in [0.25, 0.3) is 0 Å². The van der Waals surface area contributed by atoms with Crippen LogP contribution in [0.25, 0.3) is 22.9 Å². The van der Waals surface area contributed by atoms with Crippen molar-refractivity contribution in [3.8, 4) is 0 Å². The first-order valence-electron chi connectivity index (χ1n) is 11.4. The maximum absolute atomic E-state index is 2.33. The van der Waals surface area contributed by atoms with E-state index in [4.69, 9.17) is 0 Å². The number of para-hydroxylation sites is 1. The third-order valence-electron chi connectivity index (χ3n) is 6.05. The van der Waals surface area contributed by atoms with Crippen LogP contribution in [-0.2, 0) is 0 Å². The molecule has 5 aromatic rings. The average molecular weight is 426 g/mol. The summed E-state index contributed by atoms with van der Waals surface area (Å²) in [4.78, 5) is 2.33. The molecule has 0 heterocycles. The second-order valence-corrected chi connectivity index (χ2v) is 8.45. The largest absolute Gasteiger partial charge is 0.310 e. The first-order valence-corrected chi connectivity index (χ1v) is 11.4. The van der Waals surface area contributed by atoms with Gasteiger partial charge < -0.3 is 4.90 Å². The standard InChI is InChI=1S/C32H27N/c1-24-15-19-27(25(2)23-24)20-16-26-17-21-30(22-18-26)33(29-11-4-3-5-12-29)32-14-8-10-28-9-6-7-13-31(28)32/h3-23H,1-2H3. The van der Waals surface area contributed by atoms with Crippen LogP contribution in [0.4, 0.5) is 17.1 Å². The molecule has 0 aliphatic carbocycles. The lowest BCUT2D eigenvalue weighted by molar-refractivity contribution is 1.30. The Morgan fingerprint density at radius 3 is 2.06 bits per heavy atom. The van der Waals surface area contributed by atoms with Crippen molar-refractivity contribution in [1.29, 1.82) is 0 Å². The van der Waals surface area contributed by atoms with Crippen LogP contribution >= 0.6 is 0 Å². The molecule has 0 amide bonds. The zero-order chi connectivity index (χ0) is 22.6. The normalized spacial score (nSPS) is 11.2. The molecule has 0 unspecified atom stereocenters. The Hall–Kier alpha value is -4.10. The van der Waals surface area contributed by atoms with Crippen molar-refractivity contribution in [2.45, 2.75) is 13.8 Å². The summed E-state index contributed by atoms with van der Waals surface area (Å²) in [7, 11) is 0. The molecule has 0 fully saturated rings. The highest BCUT2D eigenvalue weighted by atomic mass is 15.1. The fourth-order valence-electron chi connectivity index (χ4n) is 4.34. The Labute approximate surface area is 196 Å². The lowest BCUT2D eigenvalue weighted by atomic mass is 10.0. The summed E-state index contributed by atoms with van der Waals surface area (Å²) in [5.74, 6) is 0. The first-order chi connectivity index (χ1) is 16.2. The highest BCUT2D eigenvalue weighted by Crippen LogP contribution is 2.38. The molecular formula is C32H27N. The zero-order valence-electron chi connectivity index (χ0n) is 19.1. The van der Waals surface area contributed by atoms with Gasteiger partial charge in [-0.1, -0.05) is 103 Å². The van der Waals surface area contributed by atoms with E-state index < -0.39 is 0 Å². The molecule has 0 radical (unpaired) electrons. The summed E-state index contributed by atoms with van der Waals surface area (Å²) < 4.78 is 0. The average Bonchev–Trinajstić information content (AvgIpc) is 2.85. The minimum absolute atomic E-state index is 1.14. The van der Waals surface area contributed by atoms with E-state index in [2.05, 4.69) is 146 Å². The van der Waals surface area contributed by atoms with Gasteiger partial charge in [-0.15, -0.1) is 0 Å². The van der Waals surface area contributed by atoms with E-state index in [9.17, 15) is 0 Å². The molecule has 0 aliphatic rings. The Bertz CT molecular complexity index is 1410. The second-order valence-electron chi connectivity index (χ2n) is 8.45. The van der Waals surface area contributed by atoms with Gasteiger partial charge in [-0.3, -0.25) is 0 Å². The van der Waals surface area contributed by atoms with E-state index in [1.165, 1.54) is 38.7 Å². The van der Waals surface area contributed by atoms with Gasteiger partial charge in [-0.2, -0.15) is 0 Å². The van der Waals surface area contributed by atoms with E-state index in [-0.39, 0.29) is 0 Å². The molecule has 0 saturated carbocycles. The molecule has 0 atom stereocenters. The highest BCUT2D eigenvalue weighted by Gasteiger charge is 2.14. The smallest absolute Gasteiger partial charge is 0.0540 e. The monoisotopic (exact) mass is 425 g/mol. The number of hydrogen-bond acceptors (Lipinski definition) is 1. The molecule has 1 nitrogen and oxygen atoms in total. The van der Waals surface area contributed by atoms with Crippen molar-refractivity contribution in [3.63, 3.8) is 0 Å². The second kappa shape index (κ2) is 9.18. The molecule has 1 heteroatoms. The zero-order valence-corrected chi connectivity index (χ0v) is 19.1. The number of benzene rings is 5. The Kier molecular flexibility index (Phi) is 5.78. The Morgan fingerprint density at radius 1 is 0.576 bits per heavy atom. The molecular weight excluding hydrogens is 398 g/mol. The van der Waals surface area contributed by atoms with Crippen LogP contribution in [-0.4, -0.2) is 0 Å². The SMILES string of the molecule is Cc1ccc(C=Cc2ccc(N(c3ccccc3)c3cccc4ccccc34)cc2)c(C)c1. The number of anilines is 3. The molecule has 0 aromatic heterocycles. The molecule has 0 spiro atoms. The van der Waals surface area contributed by atoms with Gasteiger partial charge in [0.2, 0.25) is 0 Å². The van der Waals surface area contributed by atoms with Gasteiger partial charge >= 0.3 is 0 Å². The lowest BCUT2D eigenvalue weighted by Gasteiger charge is -2.27. The maximum Gasteiger partial charge on any atom is 0.0540 e. The quantitative estimate of drug-likeness (QED) is 0.254. The fraction of sp³-hybridized carbons (Fsp3) is 0.0625. The molecule has 0 N–H and O–H groups in total. The molecule has 0 bridgehead atoms. The summed E-state index contributed by atoms with van der Waals surface area (Å²) in [5.41, 5.74) is 8.50. The van der Waals surface area contributed by atoms with Crippen molar-refractivity contribution in [2.24, 2.45) is 0 Å². The number of aryl methyl sites for hydroxylation is 2. The number of nitrogens with zero attached hydrogens (tertiary/aromatic N) is 1. The van der Waals surface area contributed by atoms with Gasteiger partial charge in [0.1, 0.15) is 0 Å². The molecule has 0 aliphatic heterocycles. The van der Waals surface area contributed by atoms with Gasteiger partial charge in [0, 0.05) is 16.8 Å². The van der Waals surface area contributed by atoms with Crippen LogP contribution in [0, 0.1) is 13.8 Å². The van der Waals surface area contributed by atoms with Crippen molar-refractivity contribution < 1.29 is 0 Å². The van der Waals surface area contributed by atoms with Crippen LogP contribution < -0.4 is 4.90 Å². The summed E-state index contributed by atoms with van der Waals surface area (Å²) in [6.07, 6.45) is 4.38. The van der Waals surface area contributed by atoms with E-state index in [1.807, 2.05) is 0 Å². The number of rotatable bonds is 5. The predicted molar refractivity (Wildman–Crippen MR) is 143 cm³/mol. The first kappa shape index (κ1) is 20.8. The minimum Gasteiger partial charge on any atom is -0.310 e. The molecule has 33 heavy (non-hydrogen) atoms. The molecule has 160 valence electrons. The van der Waals surface area contributed by atoms with Crippen LogP contribution in [0.1, 0.15) is 22.3 Å². The van der Waals surface area contributed by atoms with Gasteiger partial charge in [-0.05, 0) is 66.3 Å². The van der Waals surface area contributed by atoms with Gasteiger partial charge in [0.05, 0.1) is 5.69 Å². The van der Waals surface area contributed by atoms with Crippen LogP contribution in [0.2, 0.25) is 0 Å². The van der Waals surface area contributed by atoms with E-state index in [1.54, 1.807) is 0 Å². The summed E-state index contributed by atoms with van der Waals surface area (Å²) >= 11 is 0. The number of fused-ring (bicyclic) bond motifs is 1. The highest BCUT2D eigenvalue weighted by molar-refractivity contribution is 5.98. The van der Waals surface area contributed by atoms with E-state index in [0.29, 0.717) is 0 Å². The molecule has 5 rings (SSSR count). The lowest BCUT2D eigenvalue weighted by Crippen LogP contribution is -2.10. The van der Waals surface area contributed by atoms with Crippen molar-refractivity contribution >= 4 is 40.0 Å². The van der Waals surface area contributed by atoms with E-state index in [0.717, 1.165) is 11.4 Å².